The molecule has 1 heterocycles. The number of ether oxygens (including phenoxy) is 1. The largest absolute Gasteiger partial charge is 0.497 e. The van der Waals surface area contributed by atoms with Crippen LogP contribution in [0.25, 0.3) is 0 Å². The molecule has 0 aromatic heterocycles. The summed E-state index contributed by atoms with van der Waals surface area (Å²) in [6, 6.07) is 8.37. The van der Waals surface area contributed by atoms with E-state index in [1.165, 1.54) is 19.3 Å². The maximum atomic E-state index is 12.0. The maximum absolute atomic E-state index is 12.0. The third-order valence-corrected chi connectivity index (χ3v) is 4.25. The molecule has 4 nitrogen and oxygen atoms in total. The summed E-state index contributed by atoms with van der Waals surface area (Å²) in [5.74, 6) is 0.961. The van der Waals surface area contributed by atoms with Crippen LogP contribution in [0.2, 0.25) is 0 Å². The van der Waals surface area contributed by atoms with Crippen molar-refractivity contribution in [2.45, 2.75) is 44.7 Å². The van der Waals surface area contributed by atoms with Crippen LogP contribution in [-0.2, 0) is 11.3 Å². The molecule has 1 fully saturated rings. The average Bonchev–Trinajstić information content (AvgIpc) is 2.52. The number of hydrogen-bond acceptors (Lipinski definition) is 3. The van der Waals surface area contributed by atoms with Crippen LogP contribution in [0.5, 0.6) is 5.75 Å². The SMILES string of the molecule is COc1cccc(CNC(=O)CCC2CCCCN2C)c1. The fourth-order valence-electron chi connectivity index (χ4n) is 2.88. The first-order chi connectivity index (χ1) is 10.2. The topological polar surface area (TPSA) is 41.6 Å². The summed E-state index contributed by atoms with van der Waals surface area (Å²) in [4.78, 5) is 14.3. The third kappa shape index (κ3) is 5.05. The highest BCUT2D eigenvalue weighted by Gasteiger charge is 2.19. The van der Waals surface area contributed by atoms with Crippen molar-refractivity contribution in [2.24, 2.45) is 0 Å². The molecule has 4 heteroatoms. The summed E-state index contributed by atoms with van der Waals surface area (Å²) in [7, 11) is 3.82. The molecule has 1 aliphatic rings. The summed E-state index contributed by atoms with van der Waals surface area (Å²) in [6.07, 6.45) is 5.37. The van der Waals surface area contributed by atoms with Crippen LogP contribution >= 0.6 is 0 Å². The molecule has 0 saturated carbocycles. The second kappa shape index (κ2) is 8.03. The molecule has 1 unspecified atom stereocenters. The molecule has 1 aromatic carbocycles. The Kier molecular flexibility index (Phi) is 6.05. The summed E-state index contributed by atoms with van der Waals surface area (Å²) in [5.41, 5.74) is 1.07. The van der Waals surface area contributed by atoms with Gasteiger partial charge in [0.2, 0.25) is 5.91 Å². The number of piperidine rings is 1. The van der Waals surface area contributed by atoms with Gasteiger partial charge in [0.1, 0.15) is 5.75 Å². The summed E-state index contributed by atoms with van der Waals surface area (Å²) >= 11 is 0. The number of nitrogens with zero attached hydrogens (tertiary/aromatic N) is 1. The number of carbonyl (C=O) groups is 1. The first-order valence-electron chi connectivity index (χ1n) is 7.79. The number of amides is 1. The Hall–Kier alpha value is -1.55. The van der Waals surface area contributed by atoms with E-state index in [0.29, 0.717) is 19.0 Å². The predicted molar refractivity (Wildman–Crippen MR) is 84.3 cm³/mol. The highest BCUT2D eigenvalue weighted by molar-refractivity contribution is 5.75. The van der Waals surface area contributed by atoms with Gasteiger partial charge in [0.25, 0.3) is 0 Å². The van der Waals surface area contributed by atoms with E-state index in [1.54, 1.807) is 7.11 Å². The van der Waals surface area contributed by atoms with E-state index in [2.05, 4.69) is 17.3 Å². The Balaban J connectivity index is 1.71. The Morgan fingerprint density at radius 1 is 1.43 bits per heavy atom. The van der Waals surface area contributed by atoms with E-state index in [-0.39, 0.29) is 5.91 Å². The monoisotopic (exact) mass is 290 g/mol. The van der Waals surface area contributed by atoms with Crippen molar-refractivity contribution in [3.63, 3.8) is 0 Å². The maximum Gasteiger partial charge on any atom is 0.220 e. The standard InChI is InChI=1S/C17H26N2O2/c1-19-11-4-3-7-15(19)9-10-17(20)18-13-14-6-5-8-16(12-14)21-2/h5-6,8,12,15H,3-4,7,9-11,13H2,1-2H3,(H,18,20). The minimum Gasteiger partial charge on any atom is -0.497 e. The zero-order valence-corrected chi connectivity index (χ0v) is 13.1. The number of hydrogen-bond donors (Lipinski definition) is 1. The lowest BCUT2D eigenvalue weighted by atomic mass is 9.98. The second-order valence-electron chi connectivity index (χ2n) is 5.80. The molecule has 1 amide bonds. The van der Waals surface area contributed by atoms with E-state index in [9.17, 15) is 4.79 Å². The Labute approximate surface area is 127 Å². The van der Waals surface area contributed by atoms with Crippen LogP contribution in [0.4, 0.5) is 0 Å². The quantitative estimate of drug-likeness (QED) is 0.875. The molecule has 0 aliphatic carbocycles. The summed E-state index contributed by atoms with van der Waals surface area (Å²) in [5, 5.41) is 2.99. The fourth-order valence-corrected chi connectivity index (χ4v) is 2.88. The zero-order chi connectivity index (χ0) is 15.1. The normalized spacial score (nSPS) is 19.2. The van der Waals surface area contributed by atoms with E-state index < -0.39 is 0 Å². The lowest BCUT2D eigenvalue weighted by Gasteiger charge is -2.32. The molecule has 21 heavy (non-hydrogen) atoms. The van der Waals surface area contributed by atoms with Crippen molar-refractivity contribution < 1.29 is 9.53 Å². The van der Waals surface area contributed by atoms with Crippen LogP contribution in [0.3, 0.4) is 0 Å². The zero-order valence-electron chi connectivity index (χ0n) is 13.1. The molecular weight excluding hydrogens is 264 g/mol. The van der Waals surface area contributed by atoms with Gasteiger partial charge in [-0.3, -0.25) is 4.79 Å². The van der Waals surface area contributed by atoms with Crippen molar-refractivity contribution in [1.29, 1.82) is 0 Å². The van der Waals surface area contributed by atoms with E-state index >= 15 is 0 Å². The lowest BCUT2D eigenvalue weighted by molar-refractivity contribution is -0.121. The van der Waals surface area contributed by atoms with Crippen molar-refractivity contribution in [2.75, 3.05) is 20.7 Å². The predicted octanol–water partition coefficient (Wildman–Crippen LogP) is 2.58. The molecule has 2 rings (SSSR count). The van der Waals surface area contributed by atoms with Crippen LogP contribution in [0.1, 0.15) is 37.7 Å². The van der Waals surface area contributed by atoms with Crippen LogP contribution < -0.4 is 10.1 Å². The molecule has 1 aromatic rings. The van der Waals surface area contributed by atoms with Crippen LogP contribution in [-0.4, -0.2) is 37.6 Å². The highest BCUT2D eigenvalue weighted by Crippen LogP contribution is 2.19. The van der Waals surface area contributed by atoms with E-state index in [4.69, 9.17) is 4.74 Å². The molecule has 116 valence electrons. The van der Waals surface area contributed by atoms with Gasteiger partial charge < -0.3 is 15.0 Å². The van der Waals surface area contributed by atoms with Gasteiger partial charge in [0.05, 0.1) is 7.11 Å². The van der Waals surface area contributed by atoms with Crippen molar-refractivity contribution >= 4 is 5.91 Å². The molecule has 0 bridgehead atoms. The van der Waals surface area contributed by atoms with Crippen LogP contribution in [0, 0.1) is 0 Å². The number of methoxy groups -OCH3 is 1. The van der Waals surface area contributed by atoms with Gasteiger partial charge in [-0.1, -0.05) is 18.6 Å². The van der Waals surface area contributed by atoms with E-state index in [0.717, 1.165) is 24.3 Å². The molecule has 1 aliphatic heterocycles. The fraction of sp³-hybridized carbons (Fsp3) is 0.588. The van der Waals surface area contributed by atoms with Gasteiger partial charge >= 0.3 is 0 Å². The lowest BCUT2D eigenvalue weighted by Crippen LogP contribution is -2.37. The minimum atomic E-state index is 0.136. The van der Waals surface area contributed by atoms with Crippen LogP contribution in [0.15, 0.2) is 24.3 Å². The Bertz CT molecular complexity index is 462. The third-order valence-electron chi connectivity index (χ3n) is 4.25. The molecule has 1 atom stereocenters. The molecule has 1 saturated heterocycles. The van der Waals surface area contributed by atoms with Crippen molar-refractivity contribution in [3.05, 3.63) is 29.8 Å². The Morgan fingerprint density at radius 2 is 2.29 bits per heavy atom. The smallest absolute Gasteiger partial charge is 0.220 e. The van der Waals surface area contributed by atoms with Gasteiger partial charge in [-0.25, -0.2) is 0 Å². The number of benzene rings is 1. The average molecular weight is 290 g/mol. The molecular formula is C17H26N2O2. The number of rotatable bonds is 6. The molecule has 1 N–H and O–H groups in total. The summed E-state index contributed by atoms with van der Waals surface area (Å²) in [6.45, 7) is 1.73. The summed E-state index contributed by atoms with van der Waals surface area (Å²) < 4.78 is 5.18. The van der Waals surface area contributed by atoms with Gasteiger partial charge in [0.15, 0.2) is 0 Å². The molecule has 0 spiro atoms. The van der Waals surface area contributed by atoms with Gasteiger partial charge in [-0.2, -0.15) is 0 Å². The van der Waals surface area contributed by atoms with Gasteiger partial charge in [-0.15, -0.1) is 0 Å². The Morgan fingerprint density at radius 3 is 3.05 bits per heavy atom. The number of likely N-dealkylation sites (tertiary alicyclic amines) is 1. The first kappa shape index (κ1) is 15.8. The number of carbonyl (C=O) groups excluding carboxylic acids is 1. The minimum absolute atomic E-state index is 0.136. The van der Waals surface area contributed by atoms with E-state index in [1.807, 2.05) is 24.3 Å². The molecule has 0 radical (unpaired) electrons. The van der Waals surface area contributed by atoms with Gasteiger partial charge in [-0.05, 0) is 50.6 Å². The second-order valence-corrected chi connectivity index (χ2v) is 5.80. The first-order valence-corrected chi connectivity index (χ1v) is 7.79. The van der Waals surface area contributed by atoms with Crippen molar-refractivity contribution in [3.8, 4) is 5.75 Å². The number of nitrogens with one attached hydrogen (secondary N) is 1. The highest BCUT2D eigenvalue weighted by atomic mass is 16.5. The van der Waals surface area contributed by atoms with Crippen molar-refractivity contribution in [1.82, 2.24) is 10.2 Å². The van der Waals surface area contributed by atoms with Gasteiger partial charge in [0, 0.05) is 19.0 Å².